The number of fused-ring (bicyclic) bond motifs is 1. The summed E-state index contributed by atoms with van der Waals surface area (Å²) >= 11 is 3.44. The van der Waals surface area contributed by atoms with Crippen LogP contribution in [-0.4, -0.2) is 22.6 Å². The Balaban J connectivity index is 2.10. The normalized spacial score (nSPS) is 17.8. The first-order valence-electron chi connectivity index (χ1n) is 6.08. The van der Waals surface area contributed by atoms with E-state index in [1.165, 1.54) is 23.8 Å². The molecule has 0 aliphatic carbocycles. The van der Waals surface area contributed by atoms with Crippen molar-refractivity contribution in [2.45, 2.75) is 18.8 Å². The predicted molar refractivity (Wildman–Crippen MR) is 73.3 cm³/mol. The summed E-state index contributed by atoms with van der Waals surface area (Å²) in [4.78, 5) is 4.55. The molecule has 3 rings (SSSR count). The van der Waals surface area contributed by atoms with Crippen molar-refractivity contribution in [1.29, 1.82) is 0 Å². The van der Waals surface area contributed by atoms with Gasteiger partial charge in [-0.2, -0.15) is 0 Å². The monoisotopic (exact) mass is 293 g/mol. The van der Waals surface area contributed by atoms with Gasteiger partial charge in [-0.05, 0) is 65.5 Å². The summed E-state index contributed by atoms with van der Waals surface area (Å²) in [5, 5.41) is 4.73. The molecule has 90 valence electrons. The van der Waals surface area contributed by atoms with Gasteiger partial charge in [0.15, 0.2) is 0 Å². The van der Waals surface area contributed by atoms with Crippen LogP contribution in [0, 0.1) is 0 Å². The van der Waals surface area contributed by atoms with Crippen LogP contribution in [-0.2, 0) is 7.05 Å². The minimum atomic E-state index is 0.683. The van der Waals surface area contributed by atoms with Crippen LogP contribution >= 0.6 is 15.9 Å². The number of hydrogen-bond donors (Lipinski definition) is 1. The summed E-state index contributed by atoms with van der Waals surface area (Å²) in [6, 6.07) is 4.22. The Kier molecular flexibility index (Phi) is 2.92. The quantitative estimate of drug-likeness (QED) is 0.820. The Hall–Kier alpha value is -0.870. The van der Waals surface area contributed by atoms with Crippen LogP contribution in [0.15, 0.2) is 22.9 Å². The zero-order chi connectivity index (χ0) is 11.8. The molecule has 0 atom stereocenters. The van der Waals surface area contributed by atoms with Crippen molar-refractivity contribution in [2.75, 3.05) is 13.1 Å². The number of piperidine rings is 1. The third-order valence-corrected chi connectivity index (χ3v) is 4.04. The van der Waals surface area contributed by atoms with Gasteiger partial charge in [-0.3, -0.25) is 0 Å². The highest BCUT2D eigenvalue weighted by molar-refractivity contribution is 9.10. The Morgan fingerprint density at radius 2 is 2.12 bits per heavy atom. The Morgan fingerprint density at radius 3 is 2.88 bits per heavy atom. The third kappa shape index (κ3) is 2.00. The van der Waals surface area contributed by atoms with Gasteiger partial charge in [-0.25, -0.2) is 4.98 Å². The van der Waals surface area contributed by atoms with E-state index in [2.05, 4.69) is 50.1 Å². The first-order valence-corrected chi connectivity index (χ1v) is 6.87. The smallest absolute Gasteiger partial charge is 0.141 e. The van der Waals surface area contributed by atoms with Gasteiger partial charge in [0.1, 0.15) is 10.3 Å². The maximum absolute atomic E-state index is 4.55. The zero-order valence-corrected chi connectivity index (χ0v) is 11.5. The average molecular weight is 294 g/mol. The van der Waals surface area contributed by atoms with Crippen LogP contribution in [0.2, 0.25) is 0 Å². The van der Waals surface area contributed by atoms with E-state index in [-0.39, 0.29) is 0 Å². The largest absolute Gasteiger partial charge is 0.335 e. The molecule has 0 spiro atoms. The average Bonchev–Trinajstić information content (AvgIpc) is 2.68. The summed E-state index contributed by atoms with van der Waals surface area (Å²) in [7, 11) is 2.08. The van der Waals surface area contributed by atoms with Crippen molar-refractivity contribution >= 4 is 27.0 Å². The highest BCUT2D eigenvalue weighted by Crippen LogP contribution is 2.32. The molecular formula is C13H16BrN3. The summed E-state index contributed by atoms with van der Waals surface area (Å²) in [5.74, 6) is 0.683. The molecule has 1 saturated heterocycles. The van der Waals surface area contributed by atoms with Crippen molar-refractivity contribution in [1.82, 2.24) is 14.9 Å². The molecule has 3 nitrogen and oxygen atoms in total. The van der Waals surface area contributed by atoms with Gasteiger partial charge in [0.25, 0.3) is 0 Å². The summed E-state index contributed by atoms with van der Waals surface area (Å²) in [5.41, 5.74) is 2.54. The molecule has 2 aromatic heterocycles. The van der Waals surface area contributed by atoms with Crippen molar-refractivity contribution in [3.05, 3.63) is 28.5 Å². The van der Waals surface area contributed by atoms with Crippen LogP contribution in [0.4, 0.5) is 0 Å². The number of pyridine rings is 1. The molecule has 0 saturated carbocycles. The number of halogens is 1. The van der Waals surface area contributed by atoms with E-state index >= 15 is 0 Å². The molecule has 0 amide bonds. The van der Waals surface area contributed by atoms with E-state index in [9.17, 15) is 0 Å². The fourth-order valence-electron chi connectivity index (χ4n) is 2.72. The molecule has 0 aromatic carbocycles. The highest BCUT2D eigenvalue weighted by Gasteiger charge is 2.19. The van der Waals surface area contributed by atoms with E-state index in [0.29, 0.717) is 5.92 Å². The van der Waals surface area contributed by atoms with E-state index in [0.717, 1.165) is 23.3 Å². The lowest BCUT2D eigenvalue weighted by Gasteiger charge is -2.22. The molecule has 0 bridgehead atoms. The predicted octanol–water partition coefficient (Wildman–Crippen LogP) is 2.80. The maximum atomic E-state index is 4.55. The lowest BCUT2D eigenvalue weighted by molar-refractivity contribution is 0.462. The Labute approximate surface area is 109 Å². The van der Waals surface area contributed by atoms with Crippen molar-refractivity contribution in [3.8, 4) is 0 Å². The fraction of sp³-hybridized carbons (Fsp3) is 0.462. The second-order valence-electron chi connectivity index (χ2n) is 4.72. The van der Waals surface area contributed by atoms with Gasteiger partial charge >= 0.3 is 0 Å². The lowest BCUT2D eigenvalue weighted by Crippen LogP contribution is -2.26. The van der Waals surface area contributed by atoms with Crippen LogP contribution in [0.1, 0.15) is 24.3 Å². The molecule has 4 heteroatoms. The number of nitrogens with zero attached hydrogens (tertiary/aromatic N) is 2. The number of aryl methyl sites for hydroxylation is 1. The molecule has 1 N–H and O–H groups in total. The number of rotatable bonds is 1. The summed E-state index contributed by atoms with van der Waals surface area (Å²) < 4.78 is 3.04. The maximum Gasteiger partial charge on any atom is 0.141 e. The molecule has 2 aromatic rings. The molecule has 1 fully saturated rings. The Bertz CT molecular complexity index is 541. The molecule has 0 radical (unpaired) electrons. The first-order chi connectivity index (χ1) is 8.25. The standard InChI is InChI=1S/C13H16BrN3/c1-17-8-11(9-4-6-15-7-5-9)10-2-3-12(14)16-13(10)17/h2-3,8-9,15H,4-7H2,1H3. The second kappa shape index (κ2) is 4.42. The molecule has 3 heterocycles. The van der Waals surface area contributed by atoms with E-state index in [1.807, 2.05) is 6.07 Å². The van der Waals surface area contributed by atoms with Crippen LogP contribution in [0.3, 0.4) is 0 Å². The number of aromatic nitrogens is 2. The highest BCUT2D eigenvalue weighted by atomic mass is 79.9. The molecule has 1 aliphatic heterocycles. The minimum Gasteiger partial charge on any atom is -0.335 e. The van der Waals surface area contributed by atoms with E-state index in [4.69, 9.17) is 0 Å². The fourth-order valence-corrected chi connectivity index (χ4v) is 3.02. The summed E-state index contributed by atoms with van der Waals surface area (Å²) in [6.45, 7) is 2.26. The van der Waals surface area contributed by atoms with Gasteiger partial charge < -0.3 is 9.88 Å². The third-order valence-electron chi connectivity index (χ3n) is 3.60. The van der Waals surface area contributed by atoms with Gasteiger partial charge in [0, 0.05) is 18.6 Å². The SMILES string of the molecule is Cn1cc(C2CCNCC2)c2ccc(Br)nc21. The molecule has 1 aliphatic rings. The lowest BCUT2D eigenvalue weighted by atomic mass is 9.90. The molecule has 17 heavy (non-hydrogen) atoms. The molecular weight excluding hydrogens is 278 g/mol. The van der Waals surface area contributed by atoms with E-state index < -0.39 is 0 Å². The second-order valence-corrected chi connectivity index (χ2v) is 5.54. The van der Waals surface area contributed by atoms with Crippen molar-refractivity contribution in [2.24, 2.45) is 7.05 Å². The number of nitrogens with one attached hydrogen (secondary N) is 1. The van der Waals surface area contributed by atoms with Crippen LogP contribution in [0.5, 0.6) is 0 Å². The number of hydrogen-bond acceptors (Lipinski definition) is 2. The van der Waals surface area contributed by atoms with Crippen LogP contribution in [0.25, 0.3) is 11.0 Å². The summed E-state index contributed by atoms with van der Waals surface area (Å²) in [6.07, 6.45) is 4.71. The van der Waals surface area contributed by atoms with Gasteiger partial charge in [-0.1, -0.05) is 0 Å². The van der Waals surface area contributed by atoms with Gasteiger partial charge in [0.05, 0.1) is 0 Å². The zero-order valence-electron chi connectivity index (χ0n) is 9.91. The molecule has 0 unspecified atom stereocenters. The first kappa shape index (κ1) is 11.2. The van der Waals surface area contributed by atoms with Gasteiger partial charge in [0.2, 0.25) is 0 Å². The van der Waals surface area contributed by atoms with Crippen LogP contribution < -0.4 is 5.32 Å². The van der Waals surface area contributed by atoms with Crippen molar-refractivity contribution < 1.29 is 0 Å². The van der Waals surface area contributed by atoms with E-state index in [1.54, 1.807) is 0 Å². The van der Waals surface area contributed by atoms with Crippen molar-refractivity contribution in [3.63, 3.8) is 0 Å². The minimum absolute atomic E-state index is 0.683. The Morgan fingerprint density at radius 1 is 1.35 bits per heavy atom. The van der Waals surface area contributed by atoms with Gasteiger partial charge in [-0.15, -0.1) is 0 Å². The topological polar surface area (TPSA) is 29.9 Å².